The van der Waals surface area contributed by atoms with Crippen molar-refractivity contribution in [3.63, 3.8) is 0 Å². The van der Waals surface area contributed by atoms with Gasteiger partial charge in [-0.1, -0.05) is 18.6 Å². The van der Waals surface area contributed by atoms with E-state index in [0.717, 1.165) is 0 Å². The number of carbonyl (C=O) groups is 5. The van der Waals surface area contributed by atoms with Crippen LogP contribution in [0.1, 0.15) is 75.9 Å². The molecule has 1 saturated heterocycles. The number of imide groups is 1. The van der Waals surface area contributed by atoms with E-state index in [1.807, 2.05) is 0 Å². The van der Waals surface area contributed by atoms with Crippen LogP contribution in [-0.4, -0.2) is 51.5 Å². The fourth-order valence-electron chi connectivity index (χ4n) is 5.61. The Labute approximate surface area is 244 Å². The number of esters is 1. The number of hydrogen-bond donors (Lipinski definition) is 3. The van der Waals surface area contributed by atoms with Gasteiger partial charge in [0.15, 0.2) is 5.60 Å². The maximum absolute atomic E-state index is 13.4. The number of hydrogen-bond acceptors (Lipinski definition) is 10. The van der Waals surface area contributed by atoms with Crippen LogP contribution in [0.5, 0.6) is 23.0 Å². The third-order valence-corrected chi connectivity index (χ3v) is 7.59. The number of nitrogens with one attached hydrogen (secondary N) is 1. The number of carbonyl (C=O) groups excluding carboxylic acids is 5. The molecule has 220 valence electrons. The number of phenols is 2. The Balaban J connectivity index is 1.16. The molecule has 0 aromatic heterocycles. The minimum Gasteiger partial charge on any atom is -0.508 e. The molecule has 3 aromatic rings. The van der Waals surface area contributed by atoms with Crippen molar-refractivity contribution in [3.05, 3.63) is 82.4 Å². The van der Waals surface area contributed by atoms with Gasteiger partial charge in [0, 0.05) is 54.6 Å². The molecular formula is C31H26N2O10. The summed E-state index contributed by atoms with van der Waals surface area (Å²) in [5.41, 5.74) is 0.0474. The Hall–Kier alpha value is -5.39. The zero-order valence-electron chi connectivity index (χ0n) is 22.8. The highest BCUT2D eigenvalue weighted by molar-refractivity contribution is 6.09. The van der Waals surface area contributed by atoms with Crippen molar-refractivity contribution >= 4 is 29.7 Å². The molecule has 3 aromatic carbocycles. The molecule has 0 bridgehead atoms. The Morgan fingerprint density at radius 1 is 0.860 bits per heavy atom. The summed E-state index contributed by atoms with van der Waals surface area (Å²) in [6.45, 7) is 0.263. The first kappa shape index (κ1) is 27.8. The Morgan fingerprint density at radius 3 is 2.16 bits per heavy atom. The van der Waals surface area contributed by atoms with E-state index in [2.05, 4.69) is 5.32 Å². The molecule has 6 rings (SSSR count). The molecule has 1 fully saturated rings. The van der Waals surface area contributed by atoms with Crippen molar-refractivity contribution in [2.24, 2.45) is 0 Å². The topological polar surface area (TPSA) is 169 Å². The SMILES string of the molecule is O=C(CCCCCNC(=O)c1cccc2c1C(=O)OC21c2ccc(O)cc2Oc2cc(O)ccc21)ON1C(=O)CCC1=O. The number of ether oxygens (including phenoxy) is 2. The third kappa shape index (κ3) is 4.80. The minimum atomic E-state index is -1.48. The number of nitrogens with zero attached hydrogens (tertiary/aromatic N) is 1. The molecule has 3 N–H and O–H groups in total. The largest absolute Gasteiger partial charge is 0.508 e. The van der Waals surface area contributed by atoms with Crippen LogP contribution >= 0.6 is 0 Å². The number of benzene rings is 3. The number of unbranched alkanes of at least 4 members (excludes halogenated alkanes) is 2. The van der Waals surface area contributed by atoms with Crippen LogP contribution in [0.4, 0.5) is 0 Å². The van der Waals surface area contributed by atoms with E-state index >= 15 is 0 Å². The van der Waals surface area contributed by atoms with Gasteiger partial charge in [-0.25, -0.2) is 9.59 Å². The Kier molecular flexibility index (Phi) is 6.96. The zero-order valence-corrected chi connectivity index (χ0v) is 22.8. The lowest BCUT2D eigenvalue weighted by Crippen LogP contribution is -2.33. The molecule has 0 unspecified atom stereocenters. The van der Waals surface area contributed by atoms with E-state index in [0.29, 0.717) is 41.0 Å². The maximum Gasteiger partial charge on any atom is 0.340 e. The second-order valence-corrected chi connectivity index (χ2v) is 10.4. The lowest BCUT2D eigenvalue weighted by atomic mass is 9.77. The van der Waals surface area contributed by atoms with Gasteiger partial charge < -0.3 is 29.8 Å². The van der Waals surface area contributed by atoms with Gasteiger partial charge in [-0.3, -0.25) is 14.4 Å². The summed E-state index contributed by atoms with van der Waals surface area (Å²) in [6.07, 6.45) is 1.57. The molecule has 3 aliphatic heterocycles. The van der Waals surface area contributed by atoms with E-state index < -0.39 is 35.3 Å². The highest BCUT2D eigenvalue weighted by Crippen LogP contribution is 2.57. The van der Waals surface area contributed by atoms with Crippen LogP contribution in [0.25, 0.3) is 0 Å². The van der Waals surface area contributed by atoms with E-state index in [-0.39, 0.29) is 59.9 Å². The van der Waals surface area contributed by atoms with Crippen LogP contribution in [0.15, 0.2) is 54.6 Å². The molecule has 0 atom stereocenters. The van der Waals surface area contributed by atoms with Gasteiger partial charge in [0.1, 0.15) is 23.0 Å². The van der Waals surface area contributed by atoms with Crippen molar-refractivity contribution in [1.29, 1.82) is 0 Å². The van der Waals surface area contributed by atoms with Gasteiger partial charge in [0.05, 0.1) is 11.1 Å². The van der Waals surface area contributed by atoms with Crippen molar-refractivity contribution < 1.29 is 48.5 Å². The average Bonchev–Trinajstić information content (AvgIpc) is 3.45. The van der Waals surface area contributed by atoms with Crippen molar-refractivity contribution in [1.82, 2.24) is 10.4 Å². The molecule has 43 heavy (non-hydrogen) atoms. The van der Waals surface area contributed by atoms with Crippen LogP contribution in [0.2, 0.25) is 0 Å². The number of phenolic OH excluding ortho intramolecular Hbond substituents is 2. The quantitative estimate of drug-likeness (QED) is 0.202. The molecule has 3 amide bonds. The summed E-state index contributed by atoms with van der Waals surface area (Å²) in [4.78, 5) is 66.6. The number of rotatable bonds is 8. The van der Waals surface area contributed by atoms with Crippen molar-refractivity contribution in [2.75, 3.05) is 6.54 Å². The van der Waals surface area contributed by atoms with Crippen molar-refractivity contribution in [2.45, 2.75) is 44.1 Å². The third-order valence-electron chi connectivity index (χ3n) is 7.59. The van der Waals surface area contributed by atoms with Crippen LogP contribution < -0.4 is 10.1 Å². The number of fused-ring (bicyclic) bond motifs is 6. The zero-order chi connectivity index (χ0) is 30.3. The lowest BCUT2D eigenvalue weighted by molar-refractivity contribution is -0.197. The summed E-state index contributed by atoms with van der Waals surface area (Å²) in [5, 5.41) is 23.5. The standard InChI is InChI=1S/C31H26N2O10/c34-17-8-10-20-23(15-17)41-24-16-18(35)9-11-21(24)31(20)22-6-4-5-19(28(22)30(40)42-31)29(39)32-14-3-1-2-7-27(38)43-33-25(36)12-13-26(33)37/h4-6,8-11,15-16,34-35H,1-3,7,12-14H2,(H,32,39). The molecule has 0 saturated carbocycles. The predicted octanol–water partition coefficient (Wildman–Crippen LogP) is 3.56. The highest BCUT2D eigenvalue weighted by atomic mass is 16.7. The Bertz CT molecular complexity index is 1630. The minimum absolute atomic E-state index is 0.00728. The van der Waals surface area contributed by atoms with Gasteiger partial charge in [-0.15, -0.1) is 5.06 Å². The molecule has 1 spiro atoms. The summed E-state index contributed by atoms with van der Waals surface area (Å²) in [6, 6.07) is 13.7. The Morgan fingerprint density at radius 2 is 1.51 bits per heavy atom. The summed E-state index contributed by atoms with van der Waals surface area (Å²) >= 11 is 0. The second-order valence-electron chi connectivity index (χ2n) is 10.4. The fraction of sp³-hybridized carbons (Fsp3) is 0.258. The molecule has 0 aliphatic carbocycles. The van der Waals surface area contributed by atoms with Gasteiger partial charge in [0.25, 0.3) is 17.7 Å². The predicted molar refractivity (Wildman–Crippen MR) is 146 cm³/mol. The second kappa shape index (κ2) is 10.8. The molecule has 12 nitrogen and oxygen atoms in total. The molecule has 12 heteroatoms. The normalized spacial score (nSPS) is 15.8. The lowest BCUT2D eigenvalue weighted by Gasteiger charge is -2.36. The van der Waals surface area contributed by atoms with Crippen molar-refractivity contribution in [3.8, 4) is 23.0 Å². The summed E-state index contributed by atoms with van der Waals surface area (Å²) < 4.78 is 12.0. The van der Waals surface area contributed by atoms with Gasteiger partial charge in [-0.2, -0.15) is 0 Å². The van der Waals surface area contributed by atoms with Crippen LogP contribution in [0.3, 0.4) is 0 Å². The summed E-state index contributed by atoms with van der Waals surface area (Å²) in [7, 11) is 0. The number of amides is 3. The molecular weight excluding hydrogens is 560 g/mol. The maximum atomic E-state index is 13.4. The number of hydroxylamine groups is 2. The first-order valence-corrected chi connectivity index (χ1v) is 13.8. The first-order chi connectivity index (χ1) is 20.7. The highest BCUT2D eigenvalue weighted by Gasteiger charge is 2.54. The smallest absolute Gasteiger partial charge is 0.340 e. The summed E-state index contributed by atoms with van der Waals surface area (Å²) in [5.74, 6) is -2.62. The van der Waals surface area contributed by atoms with Crippen LogP contribution in [-0.2, 0) is 29.6 Å². The monoisotopic (exact) mass is 586 g/mol. The van der Waals surface area contributed by atoms with E-state index in [9.17, 15) is 34.2 Å². The molecule has 3 heterocycles. The van der Waals surface area contributed by atoms with Crippen LogP contribution in [0, 0.1) is 0 Å². The first-order valence-electron chi connectivity index (χ1n) is 13.8. The van der Waals surface area contributed by atoms with Gasteiger partial charge >= 0.3 is 11.9 Å². The average molecular weight is 587 g/mol. The number of aromatic hydroxyl groups is 2. The van der Waals surface area contributed by atoms with E-state index in [4.69, 9.17) is 14.3 Å². The van der Waals surface area contributed by atoms with Gasteiger partial charge in [-0.05, 0) is 43.2 Å². The molecule has 0 radical (unpaired) electrons. The molecule has 3 aliphatic rings. The van der Waals surface area contributed by atoms with E-state index in [1.165, 1.54) is 30.3 Å². The fourth-order valence-corrected chi connectivity index (χ4v) is 5.61. The van der Waals surface area contributed by atoms with E-state index in [1.54, 1.807) is 24.3 Å². The van der Waals surface area contributed by atoms with Gasteiger partial charge in [0.2, 0.25) is 0 Å².